The standard InChI is InChI=1S/C12H12.C2H6/c1-3-8-11(4-2)12-9-6-5-7-10-12;1-2/h3-10H,1-2H2;1-2H3/b11-8+;. The Morgan fingerprint density at radius 1 is 1.07 bits per heavy atom. The van der Waals surface area contributed by atoms with Crippen molar-refractivity contribution in [1.82, 2.24) is 0 Å². The molecular weight excluding hydrogens is 168 g/mol. The van der Waals surface area contributed by atoms with E-state index in [-0.39, 0.29) is 0 Å². The highest BCUT2D eigenvalue weighted by molar-refractivity contribution is 5.74. The van der Waals surface area contributed by atoms with Gasteiger partial charge in [-0.3, -0.25) is 0 Å². The van der Waals surface area contributed by atoms with E-state index in [2.05, 4.69) is 25.3 Å². The molecule has 0 aliphatic carbocycles. The molecule has 0 aliphatic rings. The minimum absolute atomic E-state index is 1.10. The molecule has 0 spiro atoms. The molecular formula is C14H18. The lowest BCUT2D eigenvalue weighted by molar-refractivity contribution is 1.50. The summed E-state index contributed by atoms with van der Waals surface area (Å²) in [5.74, 6) is 0. The fourth-order valence-electron chi connectivity index (χ4n) is 1.04. The molecule has 74 valence electrons. The maximum Gasteiger partial charge on any atom is -0.0184 e. The van der Waals surface area contributed by atoms with Crippen LogP contribution in [-0.2, 0) is 0 Å². The van der Waals surface area contributed by atoms with E-state index in [1.807, 2.05) is 44.2 Å². The van der Waals surface area contributed by atoms with Crippen molar-refractivity contribution in [3.8, 4) is 0 Å². The van der Waals surface area contributed by atoms with Gasteiger partial charge in [0.1, 0.15) is 0 Å². The summed E-state index contributed by atoms with van der Waals surface area (Å²) in [6.07, 6.45) is 5.54. The minimum Gasteiger partial charge on any atom is -0.0990 e. The molecule has 0 nitrogen and oxygen atoms in total. The lowest BCUT2D eigenvalue weighted by atomic mass is 10.1. The molecule has 1 aromatic rings. The third-order valence-corrected chi connectivity index (χ3v) is 1.62. The van der Waals surface area contributed by atoms with Crippen LogP contribution in [0, 0.1) is 0 Å². The van der Waals surface area contributed by atoms with Gasteiger partial charge in [0.05, 0.1) is 0 Å². The number of benzene rings is 1. The molecule has 0 atom stereocenters. The molecule has 0 amide bonds. The first kappa shape index (κ1) is 12.4. The third-order valence-electron chi connectivity index (χ3n) is 1.62. The number of hydrogen-bond acceptors (Lipinski definition) is 0. The van der Waals surface area contributed by atoms with Gasteiger partial charge in [-0.05, 0) is 11.1 Å². The molecule has 0 heteroatoms. The summed E-state index contributed by atoms with van der Waals surface area (Å²) in [4.78, 5) is 0. The van der Waals surface area contributed by atoms with E-state index in [4.69, 9.17) is 0 Å². The molecule has 14 heavy (non-hydrogen) atoms. The average molecular weight is 186 g/mol. The molecule has 0 aliphatic heterocycles. The topological polar surface area (TPSA) is 0 Å². The van der Waals surface area contributed by atoms with E-state index in [1.165, 1.54) is 5.56 Å². The highest BCUT2D eigenvalue weighted by Crippen LogP contribution is 2.14. The van der Waals surface area contributed by atoms with Crippen LogP contribution in [0.1, 0.15) is 19.4 Å². The Kier molecular flexibility index (Phi) is 7.16. The lowest BCUT2D eigenvalue weighted by Gasteiger charge is -1.99. The Bertz CT molecular complexity index is 291. The Hall–Kier alpha value is -1.56. The van der Waals surface area contributed by atoms with Crippen molar-refractivity contribution >= 4 is 5.57 Å². The zero-order valence-electron chi connectivity index (χ0n) is 9.03. The highest BCUT2D eigenvalue weighted by Gasteiger charge is 1.92. The van der Waals surface area contributed by atoms with Crippen LogP contribution in [0.4, 0.5) is 0 Å². The monoisotopic (exact) mass is 186 g/mol. The molecule has 0 N–H and O–H groups in total. The first-order valence-corrected chi connectivity index (χ1v) is 4.89. The molecule has 0 aromatic heterocycles. The van der Waals surface area contributed by atoms with E-state index in [9.17, 15) is 0 Å². The van der Waals surface area contributed by atoms with Gasteiger partial charge in [0.25, 0.3) is 0 Å². The Morgan fingerprint density at radius 3 is 2.07 bits per heavy atom. The van der Waals surface area contributed by atoms with Crippen LogP contribution in [0.2, 0.25) is 0 Å². The predicted molar refractivity (Wildman–Crippen MR) is 66.2 cm³/mol. The number of allylic oxidation sites excluding steroid dienone is 4. The van der Waals surface area contributed by atoms with Crippen LogP contribution in [0.15, 0.2) is 61.7 Å². The second-order valence-electron chi connectivity index (χ2n) is 2.43. The van der Waals surface area contributed by atoms with Gasteiger partial charge in [-0.25, -0.2) is 0 Å². The quantitative estimate of drug-likeness (QED) is 0.611. The van der Waals surface area contributed by atoms with E-state index < -0.39 is 0 Å². The van der Waals surface area contributed by atoms with Gasteiger partial charge in [-0.15, -0.1) is 0 Å². The van der Waals surface area contributed by atoms with Crippen molar-refractivity contribution in [3.63, 3.8) is 0 Å². The average Bonchev–Trinajstić information content (AvgIpc) is 2.30. The smallest absolute Gasteiger partial charge is 0.0184 e. The maximum absolute atomic E-state index is 3.74. The molecule has 0 fully saturated rings. The van der Waals surface area contributed by atoms with Crippen molar-refractivity contribution in [2.75, 3.05) is 0 Å². The van der Waals surface area contributed by atoms with Crippen LogP contribution in [0.5, 0.6) is 0 Å². The second-order valence-corrected chi connectivity index (χ2v) is 2.43. The maximum atomic E-state index is 3.74. The number of hydrogen-bond donors (Lipinski definition) is 0. The van der Waals surface area contributed by atoms with Crippen molar-refractivity contribution in [2.24, 2.45) is 0 Å². The van der Waals surface area contributed by atoms with Crippen molar-refractivity contribution < 1.29 is 0 Å². The summed E-state index contributed by atoms with van der Waals surface area (Å²) in [5, 5.41) is 0. The SMILES string of the molecule is C=C/C=C(\C=C)c1ccccc1.CC. The molecule has 1 aromatic carbocycles. The van der Waals surface area contributed by atoms with E-state index in [0.29, 0.717) is 0 Å². The highest BCUT2D eigenvalue weighted by atomic mass is 14.0. The van der Waals surface area contributed by atoms with Crippen molar-refractivity contribution in [2.45, 2.75) is 13.8 Å². The largest absolute Gasteiger partial charge is 0.0990 e. The van der Waals surface area contributed by atoms with Gasteiger partial charge in [0.15, 0.2) is 0 Å². The summed E-state index contributed by atoms with van der Waals surface area (Å²) in [7, 11) is 0. The van der Waals surface area contributed by atoms with Crippen LogP contribution in [-0.4, -0.2) is 0 Å². The van der Waals surface area contributed by atoms with Gasteiger partial charge in [-0.2, -0.15) is 0 Å². The summed E-state index contributed by atoms with van der Waals surface area (Å²) >= 11 is 0. The zero-order chi connectivity index (χ0) is 10.8. The molecule has 0 radical (unpaired) electrons. The first-order chi connectivity index (χ1) is 6.88. The molecule has 0 saturated carbocycles. The van der Waals surface area contributed by atoms with Gasteiger partial charge < -0.3 is 0 Å². The normalized spacial score (nSPS) is 9.71. The van der Waals surface area contributed by atoms with Gasteiger partial charge >= 0.3 is 0 Å². The molecule has 0 unspecified atom stereocenters. The lowest BCUT2D eigenvalue weighted by Crippen LogP contribution is -1.77. The van der Waals surface area contributed by atoms with E-state index in [1.54, 1.807) is 6.08 Å². The fourth-order valence-corrected chi connectivity index (χ4v) is 1.04. The Balaban J connectivity index is 0.000000791. The first-order valence-electron chi connectivity index (χ1n) is 4.89. The zero-order valence-corrected chi connectivity index (χ0v) is 9.03. The van der Waals surface area contributed by atoms with E-state index >= 15 is 0 Å². The fraction of sp³-hybridized carbons (Fsp3) is 0.143. The van der Waals surface area contributed by atoms with Crippen LogP contribution in [0.3, 0.4) is 0 Å². The molecule has 0 heterocycles. The molecule has 0 saturated heterocycles. The molecule has 0 bridgehead atoms. The van der Waals surface area contributed by atoms with Crippen LogP contribution in [0.25, 0.3) is 5.57 Å². The van der Waals surface area contributed by atoms with Crippen molar-refractivity contribution in [1.29, 1.82) is 0 Å². The van der Waals surface area contributed by atoms with Crippen LogP contribution < -0.4 is 0 Å². The minimum atomic E-state index is 1.10. The van der Waals surface area contributed by atoms with Crippen molar-refractivity contribution in [3.05, 3.63) is 67.3 Å². The summed E-state index contributed by atoms with van der Waals surface area (Å²) < 4.78 is 0. The summed E-state index contributed by atoms with van der Waals surface area (Å²) in [5.41, 5.74) is 2.28. The van der Waals surface area contributed by atoms with Gasteiger partial charge in [0, 0.05) is 0 Å². The molecule has 1 rings (SSSR count). The summed E-state index contributed by atoms with van der Waals surface area (Å²) in [6, 6.07) is 10.1. The summed E-state index contributed by atoms with van der Waals surface area (Å²) in [6.45, 7) is 11.4. The van der Waals surface area contributed by atoms with Gasteiger partial charge in [0.2, 0.25) is 0 Å². The second kappa shape index (κ2) is 8.06. The van der Waals surface area contributed by atoms with Gasteiger partial charge in [-0.1, -0.05) is 75.6 Å². The van der Waals surface area contributed by atoms with Crippen LogP contribution >= 0.6 is 0 Å². The van der Waals surface area contributed by atoms with E-state index in [0.717, 1.165) is 5.57 Å². The third kappa shape index (κ3) is 3.90. The Morgan fingerprint density at radius 2 is 1.64 bits per heavy atom. The Labute approximate surface area is 87.3 Å². The number of rotatable bonds is 3. The predicted octanol–water partition coefficient (Wildman–Crippen LogP) is 4.47.